The van der Waals surface area contributed by atoms with E-state index < -0.39 is 0 Å². The van der Waals surface area contributed by atoms with Gasteiger partial charge in [0.2, 0.25) is 0 Å². The normalized spacial score (nSPS) is 16.9. The van der Waals surface area contributed by atoms with Crippen molar-refractivity contribution in [2.45, 2.75) is 39.2 Å². The van der Waals surface area contributed by atoms with E-state index in [2.05, 4.69) is 12.2 Å². The van der Waals surface area contributed by atoms with Crippen molar-refractivity contribution < 1.29 is 9.59 Å². The lowest BCUT2D eigenvalue weighted by Crippen LogP contribution is -2.42. The number of likely N-dealkylation sites (tertiary alicyclic amines) is 1. The second-order valence-corrected chi connectivity index (χ2v) is 7.47. The SMILES string of the molecule is Cc1ccc(N)cc1C(=O)Nc1ccc(C(=O)N2CCCCC2C)c(Cl)c1. The van der Waals surface area contributed by atoms with Crippen LogP contribution in [0.4, 0.5) is 11.4 Å². The molecule has 6 heteroatoms. The average molecular weight is 386 g/mol. The van der Waals surface area contributed by atoms with Gasteiger partial charge < -0.3 is 16.0 Å². The van der Waals surface area contributed by atoms with Gasteiger partial charge in [0.1, 0.15) is 0 Å². The minimum absolute atomic E-state index is 0.0586. The molecule has 5 nitrogen and oxygen atoms in total. The molecule has 1 aliphatic heterocycles. The third-order valence-corrected chi connectivity index (χ3v) is 5.34. The van der Waals surface area contributed by atoms with Crippen LogP contribution in [0.5, 0.6) is 0 Å². The van der Waals surface area contributed by atoms with Gasteiger partial charge in [0.25, 0.3) is 11.8 Å². The highest BCUT2D eigenvalue weighted by molar-refractivity contribution is 6.34. The number of aryl methyl sites for hydroxylation is 1. The maximum absolute atomic E-state index is 12.8. The molecule has 27 heavy (non-hydrogen) atoms. The molecule has 1 unspecified atom stereocenters. The average Bonchev–Trinajstić information content (AvgIpc) is 2.63. The quantitative estimate of drug-likeness (QED) is 0.764. The third kappa shape index (κ3) is 4.25. The number of nitrogens with two attached hydrogens (primary N) is 1. The molecule has 0 saturated carbocycles. The first-order chi connectivity index (χ1) is 12.9. The van der Waals surface area contributed by atoms with Crippen molar-refractivity contribution in [3.8, 4) is 0 Å². The minimum atomic E-state index is -0.264. The molecule has 1 saturated heterocycles. The molecule has 1 heterocycles. The summed E-state index contributed by atoms with van der Waals surface area (Å²) in [7, 11) is 0. The monoisotopic (exact) mass is 385 g/mol. The number of nitrogens with zero attached hydrogens (tertiary/aromatic N) is 1. The Balaban J connectivity index is 1.77. The topological polar surface area (TPSA) is 75.4 Å². The summed E-state index contributed by atoms with van der Waals surface area (Å²) >= 11 is 6.36. The second-order valence-electron chi connectivity index (χ2n) is 7.07. The number of nitrogen functional groups attached to an aromatic ring is 1. The van der Waals surface area contributed by atoms with Crippen molar-refractivity contribution in [2.75, 3.05) is 17.6 Å². The van der Waals surface area contributed by atoms with Gasteiger partial charge in [0.05, 0.1) is 10.6 Å². The number of anilines is 2. The lowest BCUT2D eigenvalue weighted by atomic mass is 10.0. The lowest BCUT2D eigenvalue weighted by Gasteiger charge is -2.33. The van der Waals surface area contributed by atoms with E-state index in [9.17, 15) is 9.59 Å². The molecule has 1 fully saturated rings. The van der Waals surface area contributed by atoms with Crippen LogP contribution >= 0.6 is 11.6 Å². The van der Waals surface area contributed by atoms with Gasteiger partial charge in [0, 0.05) is 29.5 Å². The van der Waals surface area contributed by atoms with Gasteiger partial charge >= 0.3 is 0 Å². The fraction of sp³-hybridized carbons (Fsp3) is 0.333. The number of halogens is 1. The summed E-state index contributed by atoms with van der Waals surface area (Å²) in [5.74, 6) is -0.323. The molecule has 0 radical (unpaired) electrons. The molecule has 1 atom stereocenters. The maximum atomic E-state index is 12.8. The Labute approximate surface area is 164 Å². The predicted octanol–water partition coefficient (Wildman–Crippen LogP) is 4.50. The first-order valence-corrected chi connectivity index (χ1v) is 9.52. The van der Waals surface area contributed by atoms with Crippen molar-refractivity contribution in [1.29, 1.82) is 0 Å². The first-order valence-electron chi connectivity index (χ1n) is 9.15. The fourth-order valence-electron chi connectivity index (χ4n) is 3.40. The zero-order valence-corrected chi connectivity index (χ0v) is 16.3. The van der Waals surface area contributed by atoms with E-state index in [1.165, 1.54) is 0 Å². The third-order valence-electron chi connectivity index (χ3n) is 5.03. The lowest BCUT2D eigenvalue weighted by molar-refractivity contribution is 0.0635. The van der Waals surface area contributed by atoms with E-state index in [1.54, 1.807) is 36.4 Å². The molecule has 0 bridgehead atoms. The van der Waals surface area contributed by atoms with Crippen molar-refractivity contribution in [1.82, 2.24) is 4.90 Å². The Morgan fingerprint density at radius 3 is 2.63 bits per heavy atom. The predicted molar refractivity (Wildman–Crippen MR) is 109 cm³/mol. The van der Waals surface area contributed by atoms with Gasteiger partial charge in [0.15, 0.2) is 0 Å². The smallest absolute Gasteiger partial charge is 0.256 e. The van der Waals surface area contributed by atoms with Crippen LogP contribution in [-0.4, -0.2) is 29.3 Å². The van der Waals surface area contributed by atoms with Gasteiger partial charge in [-0.1, -0.05) is 17.7 Å². The number of benzene rings is 2. The molecule has 3 N–H and O–H groups in total. The van der Waals surface area contributed by atoms with E-state index in [0.717, 1.165) is 31.4 Å². The Morgan fingerprint density at radius 1 is 1.15 bits per heavy atom. The number of hydrogen-bond acceptors (Lipinski definition) is 3. The highest BCUT2D eigenvalue weighted by atomic mass is 35.5. The Morgan fingerprint density at radius 2 is 1.93 bits per heavy atom. The van der Waals surface area contributed by atoms with E-state index in [0.29, 0.717) is 27.5 Å². The van der Waals surface area contributed by atoms with Crippen LogP contribution in [0.2, 0.25) is 5.02 Å². The number of rotatable bonds is 3. The Kier molecular flexibility index (Phi) is 5.71. The molecule has 2 aromatic rings. The van der Waals surface area contributed by atoms with Gasteiger partial charge in [-0.2, -0.15) is 0 Å². The van der Waals surface area contributed by atoms with Crippen LogP contribution in [0.1, 0.15) is 52.5 Å². The van der Waals surface area contributed by atoms with Crippen molar-refractivity contribution in [3.05, 3.63) is 58.1 Å². The number of amides is 2. The first kappa shape index (κ1) is 19.2. The van der Waals surface area contributed by atoms with Gasteiger partial charge in [-0.15, -0.1) is 0 Å². The molecule has 0 aromatic heterocycles. The number of carbonyl (C=O) groups excluding carboxylic acids is 2. The Bertz CT molecular complexity index is 882. The number of carbonyl (C=O) groups is 2. The van der Waals surface area contributed by atoms with Crippen LogP contribution in [0.15, 0.2) is 36.4 Å². The summed E-state index contributed by atoms with van der Waals surface area (Å²) in [6.07, 6.45) is 3.17. The molecule has 2 aromatic carbocycles. The number of hydrogen-bond donors (Lipinski definition) is 2. The highest BCUT2D eigenvalue weighted by Crippen LogP contribution is 2.26. The largest absolute Gasteiger partial charge is 0.399 e. The summed E-state index contributed by atoms with van der Waals surface area (Å²) in [6.45, 7) is 4.67. The van der Waals surface area contributed by atoms with Gasteiger partial charge in [-0.05, 0) is 69.0 Å². The van der Waals surface area contributed by atoms with Crippen LogP contribution < -0.4 is 11.1 Å². The summed E-state index contributed by atoms with van der Waals surface area (Å²) < 4.78 is 0. The van der Waals surface area contributed by atoms with Crippen molar-refractivity contribution in [2.24, 2.45) is 0 Å². The zero-order chi connectivity index (χ0) is 19.6. The molecular weight excluding hydrogens is 362 g/mol. The van der Waals surface area contributed by atoms with Crippen LogP contribution in [-0.2, 0) is 0 Å². The second kappa shape index (κ2) is 8.01. The summed E-state index contributed by atoms with van der Waals surface area (Å²) in [4.78, 5) is 27.2. The van der Waals surface area contributed by atoms with E-state index in [4.69, 9.17) is 17.3 Å². The molecule has 142 valence electrons. The highest BCUT2D eigenvalue weighted by Gasteiger charge is 2.25. The standard InChI is InChI=1S/C21H24ClN3O2/c1-13-6-7-15(23)11-18(13)20(26)24-16-8-9-17(19(22)12-16)21(27)25-10-4-3-5-14(25)2/h6-9,11-12,14H,3-5,10,23H2,1-2H3,(H,24,26). The molecular formula is C21H24ClN3O2. The van der Waals surface area contributed by atoms with Crippen molar-refractivity contribution >= 4 is 34.8 Å². The van der Waals surface area contributed by atoms with Crippen molar-refractivity contribution in [3.63, 3.8) is 0 Å². The van der Waals surface area contributed by atoms with Gasteiger partial charge in [-0.3, -0.25) is 9.59 Å². The number of piperidine rings is 1. The van der Waals surface area contributed by atoms with E-state index in [-0.39, 0.29) is 17.9 Å². The molecule has 2 amide bonds. The Hall–Kier alpha value is -2.53. The fourth-order valence-corrected chi connectivity index (χ4v) is 3.66. The van der Waals surface area contributed by atoms with Crippen LogP contribution in [0, 0.1) is 6.92 Å². The molecule has 0 spiro atoms. The maximum Gasteiger partial charge on any atom is 0.256 e. The van der Waals surface area contributed by atoms with E-state index in [1.807, 2.05) is 11.8 Å². The van der Waals surface area contributed by atoms with Crippen LogP contribution in [0.3, 0.4) is 0 Å². The molecule has 3 rings (SSSR count). The van der Waals surface area contributed by atoms with E-state index >= 15 is 0 Å². The summed E-state index contributed by atoms with van der Waals surface area (Å²) in [5, 5.41) is 3.15. The minimum Gasteiger partial charge on any atom is -0.399 e. The molecule has 1 aliphatic rings. The summed E-state index contributed by atoms with van der Waals surface area (Å²) in [6, 6.07) is 10.4. The summed E-state index contributed by atoms with van der Waals surface area (Å²) in [5.41, 5.74) is 8.64. The zero-order valence-electron chi connectivity index (χ0n) is 15.6. The van der Waals surface area contributed by atoms with Gasteiger partial charge in [-0.25, -0.2) is 0 Å². The van der Waals surface area contributed by atoms with Crippen LogP contribution in [0.25, 0.3) is 0 Å². The molecule has 0 aliphatic carbocycles. The number of nitrogens with one attached hydrogen (secondary N) is 1.